The third-order valence-corrected chi connectivity index (χ3v) is 4.54. The van der Waals surface area contributed by atoms with Gasteiger partial charge in [0.25, 0.3) is 0 Å². The van der Waals surface area contributed by atoms with E-state index >= 15 is 0 Å². The van der Waals surface area contributed by atoms with Crippen LogP contribution in [-0.2, 0) is 6.42 Å². The molecule has 1 saturated carbocycles. The van der Waals surface area contributed by atoms with Gasteiger partial charge in [0.2, 0.25) is 0 Å². The molecule has 1 aromatic carbocycles. The Morgan fingerprint density at radius 2 is 2.09 bits per heavy atom. The third-order valence-electron chi connectivity index (χ3n) is 4.54. The first-order chi connectivity index (χ1) is 10.6. The van der Waals surface area contributed by atoms with Gasteiger partial charge in [0.05, 0.1) is 7.11 Å². The van der Waals surface area contributed by atoms with Crippen molar-refractivity contribution >= 4 is 6.03 Å². The smallest absolute Gasteiger partial charge is 0.315 e. The van der Waals surface area contributed by atoms with E-state index in [1.165, 1.54) is 24.8 Å². The predicted molar refractivity (Wildman–Crippen MR) is 89.4 cm³/mol. The highest BCUT2D eigenvalue weighted by molar-refractivity contribution is 5.74. The fourth-order valence-electron chi connectivity index (χ4n) is 3.16. The summed E-state index contributed by atoms with van der Waals surface area (Å²) in [6.07, 6.45) is 5.59. The molecule has 2 amide bonds. The molecule has 4 nitrogen and oxygen atoms in total. The van der Waals surface area contributed by atoms with Crippen LogP contribution < -0.4 is 15.4 Å². The van der Waals surface area contributed by atoms with E-state index in [-0.39, 0.29) is 6.03 Å². The highest BCUT2D eigenvalue weighted by atomic mass is 16.5. The molecular formula is C18H28N2O2. The van der Waals surface area contributed by atoms with Crippen LogP contribution in [0, 0.1) is 12.8 Å². The molecule has 1 aliphatic rings. The molecule has 2 atom stereocenters. The van der Waals surface area contributed by atoms with Crippen LogP contribution >= 0.6 is 0 Å². The normalized spacial score (nSPS) is 21.2. The minimum absolute atomic E-state index is 0.0506. The number of carbonyl (C=O) groups is 1. The van der Waals surface area contributed by atoms with E-state index in [1.54, 1.807) is 7.11 Å². The number of aryl methyl sites for hydroxylation is 1. The lowest BCUT2D eigenvalue weighted by Gasteiger charge is -2.29. The number of benzene rings is 1. The molecule has 2 rings (SSSR count). The van der Waals surface area contributed by atoms with Gasteiger partial charge in [-0.3, -0.25) is 0 Å². The summed E-state index contributed by atoms with van der Waals surface area (Å²) in [5.41, 5.74) is 2.34. The van der Waals surface area contributed by atoms with E-state index in [2.05, 4.69) is 30.5 Å². The van der Waals surface area contributed by atoms with Gasteiger partial charge in [0, 0.05) is 12.6 Å². The molecule has 1 fully saturated rings. The van der Waals surface area contributed by atoms with Crippen molar-refractivity contribution in [2.75, 3.05) is 13.7 Å². The number of methoxy groups -OCH3 is 1. The molecule has 2 N–H and O–H groups in total. The summed E-state index contributed by atoms with van der Waals surface area (Å²) in [5.74, 6) is 1.46. The van der Waals surface area contributed by atoms with Gasteiger partial charge in [0.15, 0.2) is 0 Å². The van der Waals surface area contributed by atoms with Gasteiger partial charge in [-0.05, 0) is 43.7 Å². The predicted octanol–water partition coefficient (Wildman–Crippen LogP) is 3.42. The van der Waals surface area contributed by atoms with Crippen molar-refractivity contribution in [3.63, 3.8) is 0 Å². The summed E-state index contributed by atoms with van der Waals surface area (Å²) in [6, 6.07) is 6.40. The van der Waals surface area contributed by atoms with Crippen molar-refractivity contribution < 1.29 is 9.53 Å². The van der Waals surface area contributed by atoms with Gasteiger partial charge in [-0.15, -0.1) is 0 Å². The monoisotopic (exact) mass is 304 g/mol. The molecule has 0 spiro atoms. The van der Waals surface area contributed by atoms with E-state index in [4.69, 9.17) is 4.74 Å². The van der Waals surface area contributed by atoms with E-state index in [0.29, 0.717) is 18.5 Å². The number of hydrogen-bond donors (Lipinski definition) is 2. The molecule has 1 aromatic rings. The Kier molecular flexibility index (Phi) is 6.10. The van der Waals surface area contributed by atoms with Gasteiger partial charge in [-0.25, -0.2) is 4.79 Å². The van der Waals surface area contributed by atoms with Gasteiger partial charge in [-0.2, -0.15) is 0 Å². The fraction of sp³-hybridized carbons (Fsp3) is 0.611. The zero-order chi connectivity index (χ0) is 15.9. The number of urea groups is 1. The second-order valence-electron chi connectivity index (χ2n) is 6.33. The van der Waals surface area contributed by atoms with Crippen LogP contribution in [0.3, 0.4) is 0 Å². The second kappa shape index (κ2) is 8.06. The Morgan fingerprint density at radius 3 is 2.82 bits per heavy atom. The first kappa shape index (κ1) is 16.7. The highest BCUT2D eigenvalue weighted by Crippen LogP contribution is 2.23. The van der Waals surface area contributed by atoms with Crippen LogP contribution in [0.15, 0.2) is 18.2 Å². The Labute approximate surface area is 133 Å². The molecule has 1 aliphatic carbocycles. The molecule has 22 heavy (non-hydrogen) atoms. The van der Waals surface area contributed by atoms with Crippen LogP contribution in [0.25, 0.3) is 0 Å². The van der Waals surface area contributed by atoms with E-state index < -0.39 is 0 Å². The Hall–Kier alpha value is -1.71. The van der Waals surface area contributed by atoms with Crippen molar-refractivity contribution in [3.05, 3.63) is 29.3 Å². The maximum Gasteiger partial charge on any atom is 0.315 e. The molecule has 0 radical (unpaired) electrons. The molecule has 0 unspecified atom stereocenters. The Balaban J connectivity index is 1.78. The second-order valence-corrected chi connectivity index (χ2v) is 6.33. The zero-order valence-electron chi connectivity index (χ0n) is 13.9. The summed E-state index contributed by atoms with van der Waals surface area (Å²) in [6.45, 7) is 4.90. The summed E-state index contributed by atoms with van der Waals surface area (Å²) >= 11 is 0. The topological polar surface area (TPSA) is 50.4 Å². The summed E-state index contributed by atoms with van der Waals surface area (Å²) in [5, 5.41) is 6.08. The molecule has 0 bridgehead atoms. The molecule has 0 aromatic heterocycles. The molecule has 4 heteroatoms. The Bertz CT molecular complexity index is 502. The van der Waals surface area contributed by atoms with Crippen molar-refractivity contribution in [1.82, 2.24) is 10.6 Å². The molecule has 0 aliphatic heterocycles. The van der Waals surface area contributed by atoms with Crippen LogP contribution in [0.2, 0.25) is 0 Å². The number of rotatable bonds is 5. The molecule has 0 heterocycles. The molecule has 122 valence electrons. The quantitative estimate of drug-likeness (QED) is 0.875. The maximum atomic E-state index is 12.0. The SMILES string of the molecule is COc1ccc(C)cc1CCNC(=O)N[C@H]1CCCC[C@H]1C. The van der Waals surface area contributed by atoms with E-state index in [0.717, 1.165) is 24.2 Å². The average molecular weight is 304 g/mol. The zero-order valence-corrected chi connectivity index (χ0v) is 13.9. The van der Waals surface area contributed by atoms with Gasteiger partial charge in [-0.1, -0.05) is 37.5 Å². The number of carbonyl (C=O) groups excluding carboxylic acids is 1. The fourth-order valence-corrected chi connectivity index (χ4v) is 3.16. The standard InChI is InChI=1S/C18H28N2O2/c1-13-8-9-17(22-3)15(12-13)10-11-19-18(21)20-16-7-5-4-6-14(16)2/h8-9,12,14,16H,4-7,10-11H2,1-3H3,(H2,19,20,21)/t14-,16+/m1/s1. The number of ether oxygens (including phenoxy) is 1. The minimum atomic E-state index is -0.0506. The van der Waals surface area contributed by atoms with Crippen molar-refractivity contribution in [2.24, 2.45) is 5.92 Å². The number of amides is 2. The van der Waals surface area contributed by atoms with E-state index in [1.807, 2.05) is 12.1 Å². The first-order valence-corrected chi connectivity index (χ1v) is 8.28. The van der Waals surface area contributed by atoms with Crippen LogP contribution in [0.4, 0.5) is 4.79 Å². The summed E-state index contributed by atoms with van der Waals surface area (Å²) in [4.78, 5) is 12.0. The number of nitrogens with one attached hydrogen (secondary N) is 2. The van der Waals surface area contributed by atoms with Crippen molar-refractivity contribution in [3.8, 4) is 5.75 Å². The molecular weight excluding hydrogens is 276 g/mol. The Morgan fingerprint density at radius 1 is 1.32 bits per heavy atom. The van der Waals surface area contributed by atoms with Crippen LogP contribution in [0.5, 0.6) is 5.75 Å². The maximum absolute atomic E-state index is 12.0. The minimum Gasteiger partial charge on any atom is -0.496 e. The summed E-state index contributed by atoms with van der Waals surface area (Å²) in [7, 11) is 1.68. The van der Waals surface area contributed by atoms with Crippen molar-refractivity contribution in [1.29, 1.82) is 0 Å². The summed E-state index contributed by atoms with van der Waals surface area (Å²) < 4.78 is 5.37. The van der Waals surface area contributed by atoms with Crippen LogP contribution in [-0.4, -0.2) is 25.7 Å². The van der Waals surface area contributed by atoms with Crippen molar-refractivity contribution in [2.45, 2.75) is 52.0 Å². The van der Waals surface area contributed by atoms with E-state index in [9.17, 15) is 4.79 Å². The lowest BCUT2D eigenvalue weighted by Crippen LogP contribution is -2.46. The molecule has 0 saturated heterocycles. The average Bonchev–Trinajstić information content (AvgIpc) is 2.50. The third kappa shape index (κ3) is 4.65. The number of hydrogen-bond acceptors (Lipinski definition) is 2. The van der Waals surface area contributed by atoms with Gasteiger partial charge in [0.1, 0.15) is 5.75 Å². The largest absolute Gasteiger partial charge is 0.496 e. The van der Waals surface area contributed by atoms with Gasteiger partial charge >= 0.3 is 6.03 Å². The first-order valence-electron chi connectivity index (χ1n) is 8.28. The van der Waals surface area contributed by atoms with Gasteiger partial charge < -0.3 is 15.4 Å². The lowest BCUT2D eigenvalue weighted by molar-refractivity contribution is 0.222. The van der Waals surface area contributed by atoms with Crippen LogP contribution in [0.1, 0.15) is 43.7 Å². The lowest BCUT2D eigenvalue weighted by atomic mass is 9.86. The highest BCUT2D eigenvalue weighted by Gasteiger charge is 2.22.